The third-order valence-corrected chi connectivity index (χ3v) is 3.16. The molecule has 1 aromatic heterocycles. The van der Waals surface area contributed by atoms with E-state index >= 15 is 0 Å². The molecule has 0 bridgehead atoms. The van der Waals surface area contributed by atoms with Gasteiger partial charge in [-0.15, -0.1) is 0 Å². The molecule has 0 saturated carbocycles. The lowest BCUT2D eigenvalue weighted by Gasteiger charge is -2.24. The fourth-order valence-corrected chi connectivity index (χ4v) is 2.05. The first-order valence-corrected chi connectivity index (χ1v) is 6.79. The summed E-state index contributed by atoms with van der Waals surface area (Å²) in [5.74, 6) is 2.02. The lowest BCUT2D eigenvalue weighted by atomic mass is 9.87. The first kappa shape index (κ1) is 14.3. The van der Waals surface area contributed by atoms with Crippen LogP contribution in [0.3, 0.4) is 0 Å². The number of rotatable bonds is 8. The minimum atomic E-state index is 0.386. The highest BCUT2D eigenvalue weighted by atomic mass is 16.3. The summed E-state index contributed by atoms with van der Waals surface area (Å²) in [6.07, 6.45) is 5.28. The Morgan fingerprint density at radius 2 is 2.00 bits per heavy atom. The summed E-state index contributed by atoms with van der Waals surface area (Å²) in [7, 11) is 0. The van der Waals surface area contributed by atoms with Gasteiger partial charge in [0.05, 0.1) is 6.54 Å². The first-order chi connectivity index (χ1) is 8.03. The molecule has 0 aromatic carbocycles. The van der Waals surface area contributed by atoms with Crippen LogP contribution in [0.5, 0.6) is 0 Å². The summed E-state index contributed by atoms with van der Waals surface area (Å²) in [5.41, 5.74) is 0.386. The summed E-state index contributed by atoms with van der Waals surface area (Å²) in [6, 6.07) is 4.07. The van der Waals surface area contributed by atoms with E-state index < -0.39 is 0 Å². The largest absolute Gasteiger partial charge is 0.465 e. The molecular formula is C15H27NO. The van der Waals surface area contributed by atoms with Crippen molar-refractivity contribution in [3.8, 4) is 0 Å². The molecule has 1 rings (SSSR count). The Bertz CT molecular complexity index is 314. The number of nitrogens with one attached hydrogen (secondary N) is 1. The molecule has 1 heterocycles. The van der Waals surface area contributed by atoms with E-state index in [1.165, 1.54) is 25.7 Å². The second-order valence-electron chi connectivity index (χ2n) is 5.74. The zero-order valence-electron chi connectivity index (χ0n) is 11.8. The monoisotopic (exact) mass is 237 g/mol. The van der Waals surface area contributed by atoms with Crippen molar-refractivity contribution in [2.75, 3.05) is 6.54 Å². The van der Waals surface area contributed by atoms with Gasteiger partial charge in [-0.2, -0.15) is 0 Å². The van der Waals surface area contributed by atoms with Crippen LogP contribution >= 0.6 is 0 Å². The van der Waals surface area contributed by atoms with Crippen LogP contribution in [0.4, 0.5) is 0 Å². The molecule has 0 unspecified atom stereocenters. The van der Waals surface area contributed by atoms with Gasteiger partial charge in [-0.3, -0.25) is 0 Å². The van der Waals surface area contributed by atoms with Gasteiger partial charge < -0.3 is 9.73 Å². The van der Waals surface area contributed by atoms with Gasteiger partial charge in [-0.05, 0) is 30.9 Å². The molecule has 1 N–H and O–H groups in total. The van der Waals surface area contributed by atoms with Crippen LogP contribution in [0, 0.1) is 12.3 Å². The zero-order chi connectivity index (χ0) is 12.7. The Hall–Kier alpha value is -0.760. The summed E-state index contributed by atoms with van der Waals surface area (Å²) in [4.78, 5) is 0. The highest BCUT2D eigenvalue weighted by Crippen LogP contribution is 2.22. The van der Waals surface area contributed by atoms with Crippen LogP contribution in [0.2, 0.25) is 0 Å². The number of hydrogen-bond donors (Lipinski definition) is 1. The maximum Gasteiger partial charge on any atom is 0.117 e. The first-order valence-electron chi connectivity index (χ1n) is 6.79. The molecule has 0 amide bonds. The van der Waals surface area contributed by atoms with Crippen LogP contribution in [0.1, 0.15) is 58.0 Å². The minimum absolute atomic E-state index is 0.386. The van der Waals surface area contributed by atoms with Gasteiger partial charge in [-0.1, -0.05) is 40.0 Å². The Morgan fingerprint density at radius 3 is 2.59 bits per heavy atom. The predicted molar refractivity (Wildman–Crippen MR) is 73.1 cm³/mol. The number of hydrogen-bond acceptors (Lipinski definition) is 2. The number of aryl methyl sites for hydroxylation is 1. The van der Waals surface area contributed by atoms with Gasteiger partial charge in [-0.25, -0.2) is 0 Å². The van der Waals surface area contributed by atoms with E-state index in [1.54, 1.807) is 0 Å². The van der Waals surface area contributed by atoms with Crippen molar-refractivity contribution in [1.82, 2.24) is 5.32 Å². The summed E-state index contributed by atoms with van der Waals surface area (Å²) < 4.78 is 5.53. The summed E-state index contributed by atoms with van der Waals surface area (Å²) in [6.45, 7) is 10.8. The highest BCUT2D eigenvalue weighted by Gasteiger charge is 2.16. The summed E-state index contributed by atoms with van der Waals surface area (Å²) >= 11 is 0. The van der Waals surface area contributed by atoms with Crippen molar-refractivity contribution >= 4 is 0 Å². The average Bonchev–Trinajstić information content (AvgIpc) is 2.64. The van der Waals surface area contributed by atoms with Crippen LogP contribution in [0.25, 0.3) is 0 Å². The van der Waals surface area contributed by atoms with E-state index in [4.69, 9.17) is 4.42 Å². The van der Waals surface area contributed by atoms with Gasteiger partial charge in [0.1, 0.15) is 11.5 Å². The molecule has 17 heavy (non-hydrogen) atoms. The molecule has 0 spiro atoms. The predicted octanol–water partition coefficient (Wildman–Crippen LogP) is 4.28. The Balaban J connectivity index is 2.20. The van der Waals surface area contributed by atoms with E-state index in [2.05, 4.69) is 26.1 Å². The molecule has 0 aliphatic rings. The van der Waals surface area contributed by atoms with E-state index in [1.807, 2.05) is 19.1 Å². The van der Waals surface area contributed by atoms with Gasteiger partial charge >= 0.3 is 0 Å². The molecular weight excluding hydrogens is 210 g/mol. The van der Waals surface area contributed by atoms with Crippen LogP contribution in [-0.2, 0) is 6.54 Å². The molecule has 0 saturated heterocycles. The summed E-state index contributed by atoms with van der Waals surface area (Å²) in [5, 5.41) is 3.49. The molecule has 2 heteroatoms. The van der Waals surface area contributed by atoms with Crippen LogP contribution in [-0.4, -0.2) is 6.54 Å². The van der Waals surface area contributed by atoms with Gasteiger partial charge in [0.2, 0.25) is 0 Å². The van der Waals surface area contributed by atoms with Crippen molar-refractivity contribution < 1.29 is 4.42 Å². The molecule has 1 aromatic rings. The quantitative estimate of drug-likeness (QED) is 0.682. The average molecular weight is 237 g/mol. The third kappa shape index (κ3) is 5.92. The smallest absolute Gasteiger partial charge is 0.117 e. The van der Waals surface area contributed by atoms with Crippen molar-refractivity contribution in [3.63, 3.8) is 0 Å². The SMILES string of the molecule is CCCCCC(C)(C)CNCc1ccc(C)o1. The third-order valence-electron chi connectivity index (χ3n) is 3.16. The lowest BCUT2D eigenvalue weighted by molar-refractivity contribution is 0.296. The zero-order valence-corrected chi connectivity index (χ0v) is 11.8. The highest BCUT2D eigenvalue weighted by molar-refractivity contribution is 5.05. The molecule has 2 nitrogen and oxygen atoms in total. The maximum absolute atomic E-state index is 5.53. The molecule has 0 fully saturated rings. The number of unbranched alkanes of at least 4 members (excludes halogenated alkanes) is 2. The minimum Gasteiger partial charge on any atom is -0.465 e. The molecule has 98 valence electrons. The van der Waals surface area contributed by atoms with Crippen molar-refractivity contribution in [3.05, 3.63) is 23.7 Å². The molecule has 0 atom stereocenters. The molecule has 0 aliphatic carbocycles. The standard InChI is InChI=1S/C15H27NO/c1-5-6-7-10-15(3,4)12-16-11-14-9-8-13(2)17-14/h8-9,16H,5-7,10-12H2,1-4H3. The maximum atomic E-state index is 5.53. The Labute approximate surface area is 106 Å². The van der Waals surface area contributed by atoms with E-state index in [0.29, 0.717) is 5.41 Å². The topological polar surface area (TPSA) is 25.2 Å². The van der Waals surface area contributed by atoms with E-state index in [9.17, 15) is 0 Å². The van der Waals surface area contributed by atoms with Gasteiger partial charge in [0, 0.05) is 6.54 Å². The Kier molecular flexibility index (Phi) is 5.76. The second kappa shape index (κ2) is 6.85. The van der Waals surface area contributed by atoms with Gasteiger partial charge in [0.15, 0.2) is 0 Å². The lowest BCUT2D eigenvalue weighted by Crippen LogP contribution is -2.28. The van der Waals surface area contributed by atoms with Crippen molar-refractivity contribution in [1.29, 1.82) is 0 Å². The van der Waals surface area contributed by atoms with Gasteiger partial charge in [0.25, 0.3) is 0 Å². The fraction of sp³-hybridized carbons (Fsp3) is 0.733. The van der Waals surface area contributed by atoms with E-state index in [0.717, 1.165) is 24.6 Å². The molecule has 0 aliphatic heterocycles. The normalized spacial score (nSPS) is 12.0. The fourth-order valence-electron chi connectivity index (χ4n) is 2.05. The molecule has 0 radical (unpaired) electrons. The second-order valence-corrected chi connectivity index (χ2v) is 5.74. The van der Waals surface area contributed by atoms with Crippen molar-refractivity contribution in [2.45, 2.75) is 59.9 Å². The van der Waals surface area contributed by atoms with Crippen LogP contribution in [0.15, 0.2) is 16.5 Å². The van der Waals surface area contributed by atoms with Crippen LogP contribution < -0.4 is 5.32 Å². The van der Waals surface area contributed by atoms with E-state index in [-0.39, 0.29) is 0 Å². The Morgan fingerprint density at radius 1 is 1.24 bits per heavy atom. The van der Waals surface area contributed by atoms with Crippen molar-refractivity contribution in [2.24, 2.45) is 5.41 Å². The number of furan rings is 1.